The monoisotopic (exact) mass is 293 g/mol. The molecule has 20 heavy (non-hydrogen) atoms. The van der Waals surface area contributed by atoms with Crippen LogP contribution in [0.2, 0.25) is 5.15 Å². The molecular formula is C15H20ClN3O. The number of halogens is 1. The summed E-state index contributed by atoms with van der Waals surface area (Å²) in [4.78, 5) is 6.59. The molecule has 0 saturated heterocycles. The second-order valence-corrected chi connectivity index (χ2v) is 6.09. The van der Waals surface area contributed by atoms with Gasteiger partial charge in [-0.25, -0.2) is 4.98 Å². The van der Waals surface area contributed by atoms with Crippen LogP contribution in [0, 0.1) is 5.92 Å². The average Bonchev–Trinajstić information content (AvgIpc) is 2.95. The van der Waals surface area contributed by atoms with Crippen molar-refractivity contribution < 1.29 is 5.11 Å². The quantitative estimate of drug-likeness (QED) is 0.942. The number of nitrogens with zero attached hydrogens (tertiary/aromatic N) is 3. The molecule has 1 aliphatic carbocycles. The molecule has 0 radical (unpaired) electrons. The van der Waals surface area contributed by atoms with Gasteiger partial charge in [-0.1, -0.05) is 24.1 Å². The van der Waals surface area contributed by atoms with Crippen LogP contribution in [0.5, 0.6) is 0 Å². The van der Waals surface area contributed by atoms with Crippen molar-refractivity contribution in [1.82, 2.24) is 14.3 Å². The fraction of sp³-hybridized carbons (Fsp3) is 0.533. The number of hydrogen-bond acceptors (Lipinski definition) is 3. The fourth-order valence-electron chi connectivity index (χ4n) is 3.11. The number of hydrogen-bond donors (Lipinski definition) is 1. The zero-order valence-corrected chi connectivity index (χ0v) is 12.4. The summed E-state index contributed by atoms with van der Waals surface area (Å²) >= 11 is 6.25. The molecule has 0 amide bonds. The summed E-state index contributed by atoms with van der Waals surface area (Å²) in [5, 5.41) is 10.5. The smallest absolute Gasteiger partial charge is 0.152 e. The van der Waals surface area contributed by atoms with Gasteiger partial charge in [-0.05, 0) is 37.9 Å². The standard InChI is InChI=1S/C15H20ClN3O/c1-18(9-11-5-4-6-13(11)20)10-12-15(16)17-14-7-2-3-8-19(12)14/h2-3,7-8,11,13,20H,4-6,9-10H2,1H3. The SMILES string of the molecule is CN(Cc1c(Cl)nc2ccccn12)CC1CCCC1O. The van der Waals surface area contributed by atoms with Gasteiger partial charge in [0.2, 0.25) is 0 Å². The molecule has 4 nitrogen and oxygen atoms in total. The summed E-state index contributed by atoms with van der Waals surface area (Å²) in [5.74, 6) is 0.387. The minimum absolute atomic E-state index is 0.143. The van der Waals surface area contributed by atoms with E-state index >= 15 is 0 Å². The number of aliphatic hydroxyl groups is 1. The molecule has 2 aromatic rings. The summed E-state index contributed by atoms with van der Waals surface area (Å²) in [7, 11) is 2.07. The maximum absolute atomic E-state index is 9.92. The largest absolute Gasteiger partial charge is 0.393 e. The Kier molecular flexibility index (Phi) is 3.96. The number of pyridine rings is 1. The summed E-state index contributed by atoms with van der Waals surface area (Å²) in [6.07, 6.45) is 5.04. The van der Waals surface area contributed by atoms with Gasteiger partial charge in [0.05, 0.1) is 11.8 Å². The number of aliphatic hydroxyl groups excluding tert-OH is 1. The predicted molar refractivity (Wildman–Crippen MR) is 79.9 cm³/mol. The second-order valence-electron chi connectivity index (χ2n) is 5.73. The third-order valence-electron chi connectivity index (χ3n) is 4.16. The van der Waals surface area contributed by atoms with Crippen LogP contribution >= 0.6 is 11.6 Å². The first kappa shape index (κ1) is 13.9. The summed E-state index contributed by atoms with van der Waals surface area (Å²) in [5.41, 5.74) is 1.89. The highest BCUT2D eigenvalue weighted by Crippen LogP contribution is 2.27. The molecule has 2 aromatic heterocycles. The molecule has 0 bridgehead atoms. The second kappa shape index (κ2) is 5.72. The highest BCUT2D eigenvalue weighted by Gasteiger charge is 2.26. The lowest BCUT2D eigenvalue weighted by Crippen LogP contribution is -2.29. The molecule has 1 fully saturated rings. The maximum atomic E-state index is 9.92. The molecule has 0 aromatic carbocycles. The van der Waals surface area contributed by atoms with Gasteiger partial charge < -0.3 is 14.4 Å². The highest BCUT2D eigenvalue weighted by molar-refractivity contribution is 6.30. The third-order valence-corrected chi connectivity index (χ3v) is 4.47. The Morgan fingerprint density at radius 3 is 3.05 bits per heavy atom. The Labute approximate surface area is 124 Å². The van der Waals surface area contributed by atoms with Gasteiger partial charge in [0.15, 0.2) is 5.15 Å². The predicted octanol–water partition coefficient (Wildman–Crippen LogP) is 2.58. The van der Waals surface area contributed by atoms with E-state index in [1.165, 1.54) is 0 Å². The van der Waals surface area contributed by atoms with Gasteiger partial charge in [0.1, 0.15) is 5.65 Å². The van der Waals surface area contributed by atoms with Gasteiger partial charge in [0, 0.05) is 19.3 Å². The highest BCUT2D eigenvalue weighted by atomic mass is 35.5. The van der Waals surface area contributed by atoms with Crippen LogP contribution in [0.4, 0.5) is 0 Å². The zero-order valence-electron chi connectivity index (χ0n) is 11.7. The summed E-state index contributed by atoms with van der Waals surface area (Å²) in [6, 6.07) is 5.90. The molecule has 1 saturated carbocycles. The Hall–Kier alpha value is -1.10. The Morgan fingerprint density at radius 2 is 2.30 bits per heavy atom. The normalized spacial score (nSPS) is 23.0. The van der Waals surface area contributed by atoms with E-state index in [1.807, 2.05) is 28.8 Å². The van der Waals surface area contributed by atoms with Crippen LogP contribution in [-0.2, 0) is 6.54 Å². The van der Waals surface area contributed by atoms with Crippen LogP contribution in [0.25, 0.3) is 5.65 Å². The van der Waals surface area contributed by atoms with Gasteiger partial charge in [-0.2, -0.15) is 0 Å². The van der Waals surface area contributed by atoms with E-state index in [2.05, 4.69) is 16.9 Å². The van der Waals surface area contributed by atoms with E-state index in [0.29, 0.717) is 11.1 Å². The Bertz CT molecular complexity index is 598. The molecule has 5 heteroatoms. The first-order chi connectivity index (χ1) is 9.65. The lowest BCUT2D eigenvalue weighted by molar-refractivity contribution is 0.107. The van der Waals surface area contributed by atoms with Gasteiger partial charge in [-0.15, -0.1) is 0 Å². The fourth-order valence-corrected chi connectivity index (χ4v) is 3.35. The Morgan fingerprint density at radius 1 is 1.45 bits per heavy atom. The van der Waals surface area contributed by atoms with Crippen molar-refractivity contribution >= 4 is 17.2 Å². The van der Waals surface area contributed by atoms with Crippen LogP contribution in [-0.4, -0.2) is 39.1 Å². The number of imidazole rings is 1. The van der Waals surface area contributed by atoms with E-state index in [-0.39, 0.29) is 6.10 Å². The van der Waals surface area contributed by atoms with Crippen molar-refractivity contribution in [2.75, 3.05) is 13.6 Å². The Balaban J connectivity index is 1.74. The average molecular weight is 294 g/mol. The minimum Gasteiger partial charge on any atom is -0.393 e. The molecule has 108 valence electrons. The van der Waals surface area contributed by atoms with E-state index in [0.717, 1.165) is 43.7 Å². The van der Waals surface area contributed by atoms with Crippen molar-refractivity contribution in [2.45, 2.75) is 31.9 Å². The van der Waals surface area contributed by atoms with Crippen LogP contribution in [0.3, 0.4) is 0 Å². The summed E-state index contributed by atoms with van der Waals surface area (Å²) < 4.78 is 2.03. The van der Waals surface area contributed by atoms with Gasteiger partial charge >= 0.3 is 0 Å². The first-order valence-electron chi connectivity index (χ1n) is 7.13. The maximum Gasteiger partial charge on any atom is 0.152 e. The van der Waals surface area contributed by atoms with E-state index < -0.39 is 0 Å². The molecule has 1 aliphatic rings. The molecule has 2 atom stereocenters. The minimum atomic E-state index is -0.143. The number of fused-ring (bicyclic) bond motifs is 1. The van der Waals surface area contributed by atoms with Crippen molar-refractivity contribution in [2.24, 2.45) is 5.92 Å². The van der Waals surface area contributed by atoms with E-state index in [9.17, 15) is 5.11 Å². The van der Waals surface area contributed by atoms with Crippen LogP contribution < -0.4 is 0 Å². The van der Waals surface area contributed by atoms with E-state index in [4.69, 9.17) is 11.6 Å². The van der Waals surface area contributed by atoms with Crippen LogP contribution in [0.1, 0.15) is 25.0 Å². The molecule has 2 heterocycles. The summed E-state index contributed by atoms with van der Waals surface area (Å²) in [6.45, 7) is 1.64. The lowest BCUT2D eigenvalue weighted by Gasteiger charge is -2.23. The van der Waals surface area contributed by atoms with Crippen molar-refractivity contribution in [3.05, 3.63) is 35.2 Å². The van der Waals surface area contributed by atoms with Gasteiger partial charge in [0.25, 0.3) is 0 Å². The number of rotatable bonds is 4. The number of aromatic nitrogens is 2. The van der Waals surface area contributed by atoms with Crippen molar-refractivity contribution in [3.8, 4) is 0 Å². The zero-order chi connectivity index (χ0) is 14.1. The molecule has 0 spiro atoms. The topological polar surface area (TPSA) is 40.8 Å². The third kappa shape index (κ3) is 2.68. The molecule has 3 rings (SSSR count). The molecule has 2 unspecified atom stereocenters. The molecule has 0 aliphatic heterocycles. The van der Waals surface area contributed by atoms with Gasteiger partial charge in [-0.3, -0.25) is 0 Å². The van der Waals surface area contributed by atoms with Crippen LogP contribution in [0.15, 0.2) is 24.4 Å². The lowest BCUT2D eigenvalue weighted by atomic mass is 10.1. The van der Waals surface area contributed by atoms with Crippen molar-refractivity contribution in [3.63, 3.8) is 0 Å². The van der Waals surface area contributed by atoms with E-state index in [1.54, 1.807) is 0 Å². The molecule has 1 N–H and O–H groups in total. The first-order valence-corrected chi connectivity index (χ1v) is 7.51. The molecular weight excluding hydrogens is 274 g/mol. The van der Waals surface area contributed by atoms with Crippen molar-refractivity contribution in [1.29, 1.82) is 0 Å².